The fourth-order valence-electron chi connectivity index (χ4n) is 3.78. The Bertz CT molecular complexity index is 1350. The molecule has 0 spiro atoms. The first-order valence-corrected chi connectivity index (χ1v) is 10.1. The molecule has 2 aromatic heterocycles. The van der Waals surface area contributed by atoms with E-state index < -0.39 is 5.89 Å². The van der Waals surface area contributed by atoms with E-state index in [0.29, 0.717) is 0 Å². The molecule has 146 valence electrons. The Balaban J connectivity index is 1.74. The van der Waals surface area contributed by atoms with Gasteiger partial charge in [-0.15, -0.1) is 0 Å². The average Bonchev–Trinajstić information content (AvgIpc) is 3.23. The summed E-state index contributed by atoms with van der Waals surface area (Å²) in [5, 5.41) is 1.03. The molecule has 30 heavy (non-hydrogen) atoms. The monoisotopic (exact) mass is 390 g/mol. The van der Waals surface area contributed by atoms with Crippen molar-refractivity contribution in [3.63, 3.8) is 0 Å². The van der Waals surface area contributed by atoms with E-state index in [1.165, 1.54) is 0 Å². The summed E-state index contributed by atoms with van der Waals surface area (Å²) in [7, 11) is 0. The van der Waals surface area contributed by atoms with Crippen LogP contribution in [0.25, 0.3) is 44.7 Å². The second-order valence-corrected chi connectivity index (χ2v) is 7.71. The van der Waals surface area contributed by atoms with Crippen molar-refractivity contribution in [3.05, 3.63) is 103 Å². The summed E-state index contributed by atoms with van der Waals surface area (Å²) in [4.78, 5) is 4.62. The molecule has 0 fully saturated rings. The number of benzene rings is 3. The molecule has 0 radical (unpaired) electrons. The molecule has 3 aromatic carbocycles. The number of hydrogen-bond donors (Lipinski definition) is 0. The quantitative estimate of drug-likeness (QED) is 0.311. The smallest absolute Gasteiger partial charge is 0.142 e. The van der Waals surface area contributed by atoms with Gasteiger partial charge in [-0.05, 0) is 47.4 Å². The number of rotatable bonds is 4. The standard InChI is InChI=1S/C28H23NO/c1-19(2)22-13-14-29-26(17-22)23-15-24-18-27(21-11-7-4-8-12-21)30-28(24)25(16-23)20-9-5-3-6-10-20/h3-19H,1-2H3/i19D. The van der Waals surface area contributed by atoms with Crippen molar-refractivity contribution in [2.45, 2.75) is 19.7 Å². The van der Waals surface area contributed by atoms with E-state index in [0.717, 1.165) is 50.2 Å². The van der Waals surface area contributed by atoms with Gasteiger partial charge in [0.2, 0.25) is 0 Å². The summed E-state index contributed by atoms with van der Waals surface area (Å²) in [5.41, 5.74) is 6.86. The first-order chi connectivity index (χ1) is 15.0. The van der Waals surface area contributed by atoms with Gasteiger partial charge in [0.25, 0.3) is 0 Å². The van der Waals surface area contributed by atoms with Gasteiger partial charge in [0.1, 0.15) is 11.3 Å². The molecule has 0 aliphatic heterocycles. The summed E-state index contributed by atoms with van der Waals surface area (Å²) < 4.78 is 14.8. The first kappa shape index (κ1) is 17.2. The van der Waals surface area contributed by atoms with Gasteiger partial charge in [-0.25, -0.2) is 0 Å². The lowest BCUT2D eigenvalue weighted by Crippen LogP contribution is -1.91. The molecular formula is C28H23NO. The van der Waals surface area contributed by atoms with Crippen molar-refractivity contribution in [3.8, 4) is 33.7 Å². The van der Waals surface area contributed by atoms with Crippen LogP contribution >= 0.6 is 0 Å². The molecule has 2 nitrogen and oxygen atoms in total. The summed E-state index contributed by atoms with van der Waals surface area (Å²) >= 11 is 0. The van der Waals surface area contributed by atoms with Crippen LogP contribution in [0, 0.1) is 0 Å². The van der Waals surface area contributed by atoms with E-state index in [1.54, 1.807) is 6.20 Å². The number of hydrogen-bond acceptors (Lipinski definition) is 2. The number of nitrogens with zero attached hydrogens (tertiary/aromatic N) is 1. The van der Waals surface area contributed by atoms with Crippen molar-refractivity contribution >= 4 is 11.0 Å². The largest absolute Gasteiger partial charge is 0.455 e. The third kappa shape index (κ3) is 3.42. The van der Waals surface area contributed by atoms with Crippen LogP contribution in [-0.2, 0) is 0 Å². The molecule has 2 heterocycles. The highest BCUT2D eigenvalue weighted by molar-refractivity contribution is 5.98. The van der Waals surface area contributed by atoms with Gasteiger partial charge in [0.05, 0.1) is 5.69 Å². The fraction of sp³-hybridized carbons (Fsp3) is 0.107. The van der Waals surface area contributed by atoms with Crippen LogP contribution in [0.4, 0.5) is 0 Å². The molecule has 0 aliphatic carbocycles. The Hall–Kier alpha value is -3.65. The highest BCUT2D eigenvalue weighted by Gasteiger charge is 2.15. The summed E-state index contributed by atoms with van der Waals surface area (Å²) in [6.07, 6.45) is 1.79. The number of fused-ring (bicyclic) bond motifs is 1. The SMILES string of the molecule is [2H]C(C)(C)c1ccnc(-c2cc(-c3ccccc3)c3oc(-c4ccccc4)cc3c2)c1. The molecular weight excluding hydrogens is 366 g/mol. The number of furan rings is 1. The zero-order valence-electron chi connectivity index (χ0n) is 18.1. The molecule has 0 unspecified atom stereocenters. The van der Waals surface area contributed by atoms with Gasteiger partial charge in [-0.3, -0.25) is 4.98 Å². The molecule has 0 N–H and O–H groups in total. The Morgan fingerprint density at radius 3 is 2.17 bits per heavy atom. The molecule has 5 rings (SSSR count). The van der Waals surface area contributed by atoms with Gasteiger partial charge in [-0.2, -0.15) is 0 Å². The topological polar surface area (TPSA) is 26.0 Å². The highest BCUT2D eigenvalue weighted by atomic mass is 16.3. The Morgan fingerprint density at radius 2 is 1.47 bits per heavy atom. The maximum atomic E-state index is 8.40. The van der Waals surface area contributed by atoms with E-state index in [1.807, 2.05) is 62.4 Å². The van der Waals surface area contributed by atoms with Crippen LogP contribution in [0.15, 0.2) is 102 Å². The Kier molecular flexibility index (Phi) is 4.39. The minimum absolute atomic E-state index is 0.680. The van der Waals surface area contributed by atoms with Gasteiger partial charge < -0.3 is 4.42 Å². The van der Waals surface area contributed by atoms with Crippen molar-refractivity contribution in [1.82, 2.24) is 4.98 Å². The maximum Gasteiger partial charge on any atom is 0.142 e. The minimum atomic E-state index is -0.680. The second kappa shape index (κ2) is 7.64. The number of aromatic nitrogens is 1. The van der Waals surface area contributed by atoms with Gasteiger partial charge >= 0.3 is 0 Å². The van der Waals surface area contributed by atoms with E-state index >= 15 is 0 Å². The van der Waals surface area contributed by atoms with Crippen molar-refractivity contribution in [1.29, 1.82) is 0 Å². The van der Waals surface area contributed by atoms with Crippen LogP contribution in [0.5, 0.6) is 0 Å². The predicted octanol–water partition coefficient (Wildman–Crippen LogP) is 7.95. The van der Waals surface area contributed by atoms with Crippen LogP contribution in [0.2, 0.25) is 0 Å². The zero-order chi connectivity index (χ0) is 21.4. The lowest BCUT2D eigenvalue weighted by atomic mass is 9.97. The highest BCUT2D eigenvalue weighted by Crippen LogP contribution is 2.38. The third-order valence-electron chi connectivity index (χ3n) is 5.39. The number of pyridine rings is 1. The predicted molar refractivity (Wildman–Crippen MR) is 124 cm³/mol. The van der Waals surface area contributed by atoms with Gasteiger partial charge in [-0.1, -0.05) is 74.5 Å². The van der Waals surface area contributed by atoms with Gasteiger partial charge in [0.15, 0.2) is 0 Å². The van der Waals surface area contributed by atoms with Crippen LogP contribution in [0.3, 0.4) is 0 Å². The normalized spacial score (nSPS) is 12.1. The second-order valence-electron chi connectivity index (χ2n) is 7.71. The lowest BCUT2D eigenvalue weighted by molar-refractivity contribution is 0.632. The van der Waals surface area contributed by atoms with Crippen molar-refractivity contribution < 1.29 is 5.79 Å². The summed E-state index contributed by atoms with van der Waals surface area (Å²) in [5.74, 6) is 0.166. The maximum absolute atomic E-state index is 8.40. The minimum Gasteiger partial charge on any atom is -0.455 e. The van der Waals surface area contributed by atoms with E-state index in [9.17, 15) is 0 Å². The van der Waals surface area contributed by atoms with E-state index in [2.05, 4.69) is 47.4 Å². The van der Waals surface area contributed by atoms with Gasteiger partial charge in [0, 0.05) is 29.6 Å². The molecule has 2 heteroatoms. The van der Waals surface area contributed by atoms with E-state index in [4.69, 9.17) is 5.79 Å². The summed E-state index contributed by atoms with van der Waals surface area (Å²) in [6, 6.07) is 30.7. The first-order valence-electron chi connectivity index (χ1n) is 10.6. The molecule has 0 saturated carbocycles. The van der Waals surface area contributed by atoms with Crippen molar-refractivity contribution in [2.24, 2.45) is 0 Å². The van der Waals surface area contributed by atoms with Crippen molar-refractivity contribution in [2.75, 3.05) is 0 Å². The summed E-state index contributed by atoms with van der Waals surface area (Å²) in [6.45, 7) is 3.79. The third-order valence-corrected chi connectivity index (χ3v) is 5.39. The molecule has 0 amide bonds. The Morgan fingerprint density at radius 1 is 0.767 bits per heavy atom. The lowest BCUT2D eigenvalue weighted by Gasteiger charge is -2.10. The molecule has 0 bridgehead atoms. The molecule has 5 aromatic rings. The van der Waals surface area contributed by atoms with Crippen LogP contribution < -0.4 is 0 Å². The molecule has 0 aliphatic rings. The zero-order valence-corrected chi connectivity index (χ0v) is 17.1. The Labute approximate surface area is 178 Å². The average molecular weight is 391 g/mol. The van der Waals surface area contributed by atoms with E-state index in [-0.39, 0.29) is 0 Å². The molecule has 0 atom stereocenters. The van der Waals surface area contributed by atoms with Crippen LogP contribution in [-0.4, -0.2) is 4.98 Å². The molecule has 0 saturated heterocycles. The fourth-order valence-corrected chi connectivity index (χ4v) is 3.78. The van der Waals surface area contributed by atoms with Crippen LogP contribution in [0.1, 0.15) is 26.7 Å².